The lowest BCUT2D eigenvalue weighted by Crippen LogP contribution is -2.48. The number of aromatic nitrogens is 3. The minimum Gasteiger partial charge on any atom is -0.340 e. The molecule has 1 aliphatic rings. The highest BCUT2D eigenvalue weighted by atomic mass is 19.1. The summed E-state index contributed by atoms with van der Waals surface area (Å²) in [7, 11) is 0. The summed E-state index contributed by atoms with van der Waals surface area (Å²) in [4.78, 5) is 33.7. The van der Waals surface area contributed by atoms with Crippen molar-refractivity contribution < 1.29 is 13.7 Å². The Morgan fingerprint density at radius 2 is 1.90 bits per heavy atom. The quantitative estimate of drug-likeness (QED) is 0.650. The van der Waals surface area contributed by atoms with Crippen LogP contribution >= 0.6 is 0 Å². The van der Waals surface area contributed by atoms with Crippen LogP contribution in [0.15, 0.2) is 39.9 Å². The van der Waals surface area contributed by atoms with Crippen molar-refractivity contribution in [2.45, 2.75) is 19.9 Å². The van der Waals surface area contributed by atoms with Gasteiger partial charge in [-0.2, -0.15) is 0 Å². The van der Waals surface area contributed by atoms with E-state index >= 15 is 0 Å². The molecule has 4 rings (SSSR count). The number of rotatable bonds is 5. The monoisotopic (exact) mass is 399 g/mol. The van der Waals surface area contributed by atoms with E-state index < -0.39 is 0 Å². The number of carbonyl (C=O) groups is 1. The number of fused-ring (bicyclic) bond motifs is 1. The van der Waals surface area contributed by atoms with Crippen LogP contribution in [0.5, 0.6) is 0 Å². The number of carbonyl (C=O) groups excluding carboxylic acids is 1. The van der Waals surface area contributed by atoms with Gasteiger partial charge in [-0.1, -0.05) is 12.1 Å². The highest BCUT2D eigenvalue weighted by Crippen LogP contribution is 2.24. The minimum absolute atomic E-state index is 0.0248. The summed E-state index contributed by atoms with van der Waals surface area (Å²) in [6.45, 7) is 6.48. The number of benzene rings is 1. The average Bonchev–Trinajstić information content (AvgIpc) is 3.18. The van der Waals surface area contributed by atoms with Crippen LogP contribution in [0.2, 0.25) is 0 Å². The summed E-state index contributed by atoms with van der Waals surface area (Å²) < 4.78 is 19.8. The van der Waals surface area contributed by atoms with E-state index in [9.17, 15) is 14.0 Å². The van der Waals surface area contributed by atoms with E-state index in [1.165, 1.54) is 35.2 Å². The fraction of sp³-hybridized carbons (Fsp3) is 0.400. The normalized spacial score (nSPS) is 15.2. The molecular weight excluding hydrogens is 377 g/mol. The first-order valence-corrected chi connectivity index (χ1v) is 9.67. The van der Waals surface area contributed by atoms with Gasteiger partial charge in [0.1, 0.15) is 23.2 Å². The summed E-state index contributed by atoms with van der Waals surface area (Å²) in [5.74, 6) is -0.354. The van der Waals surface area contributed by atoms with Crippen LogP contribution in [0.25, 0.3) is 22.4 Å². The summed E-state index contributed by atoms with van der Waals surface area (Å²) in [6.07, 6.45) is 1.59. The topological polar surface area (TPSA) is 84.5 Å². The second kappa shape index (κ2) is 8.12. The zero-order valence-corrected chi connectivity index (χ0v) is 16.2. The van der Waals surface area contributed by atoms with E-state index in [1.54, 1.807) is 0 Å². The zero-order valence-electron chi connectivity index (χ0n) is 16.2. The molecule has 0 saturated carbocycles. The van der Waals surface area contributed by atoms with Gasteiger partial charge in [-0.15, -0.1) is 0 Å². The third-order valence-electron chi connectivity index (χ3n) is 5.32. The molecule has 0 radical (unpaired) electrons. The fourth-order valence-electron chi connectivity index (χ4n) is 3.53. The van der Waals surface area contributed by atoms with Crippen molar-refractivity contribution in [3.8, 4) is 11.3 Å². The van der Waals surface area contributed by atoms with Gasteiger partial charge in [-0.3, -0.25) is 14.2 Å². The molecule has 0 spiro atoms. The number of hydrogen-bond donors (Lipinski definition) is 0. The van der Waals surface area contributed by atoms with Crippen molar-refractivity contribution in [1.29, 1.82) is 0 Å². The molecule has 1 amide bonds. The Balaban J connectivity index is 1.52. The van der Waals surface area contributed by atoms with E-state index in [-0.39, 0.29) is 41.3 Å². The van der Waals surface area contributed by atoms with Crippen LogP contribution in [0.4, 0.5) is 4.39 Å². The first kappa shape index (κ1) is 19.3. The summed E-state index contributed by atoms with van der Waals surface area (Å²) in [5.41, 5.74) is 0.660. The van der Waals surface area contributed by atoms with E-state index in [0.29, 0.717) is 24.3 Å². The van der Waals surface area contributed by atoms with Gasteiger partial charge >= 0.3 is 0 Å². The fourth-order valence-corrected chi connectivity index (χ4v) is 3.53. The maximum Gasteiger partial charge on any atom is 0.266 e. The molecular formula is C20H22FN5O3. The maximum atomic E-state index is 13.2. The molecule has 0 unspecified atom stereocenters. The van der Waals surface area contributed by atoms with Crippen molar-refractivity contribution in [3.05, 3.63) is 46.8 Å². The highest BCUT2D eigenvalue weighted by molar-refractivity contribution is 5.88. The van der Waals surface area contributed by atoms with E-state index in [0.717, 1.165) is 19.6 Å². The Morgan fingerprint density at radius 1 is 1.17 bits per heavy atom. The van der Waals surface area contributed by atoms with Crippen LogP contribution < -0.4 is 5.56 Å². The Morgan fingerprint density at radius 3 is 2.59 bits per heavy atom. The first-order chi connectivity index (χ1) is 14.1. The van der Waals surface area contributed by atoms with Gasteiger partial charge in [0.15, 0.2) is 0 Å². The standard InChI is InChI=1S/C20H22FN5O3/c1-2-24-9-11-25(12-10-24)16(27)7-8-26-13-22-19-17(20(26)28)18(23-29-19)14-3-5-15(21)6-4-14/h3-6,13H,2,7-12H2,1H3. The molecule has 9 heteroatoms. The maximum absolute atomic E-state index is 13.2. The second-order valence-corrected chi connectivity index (χ2v) is 7.03. The van der Waals surface area contributed by atoms with E-state index in [4.69, 9.17) is 4.52 Å². The molecule has 1 aliphatic heterocycles. The van der Waals surface area contributed by atoms with Crippen LogP contribution in [-0.4, -0.2) is 63.1 Å². The van der Waals surface area contributed by atoms with Crippen LogP contribution in [-0.2, 0) is 11.3 Å². The van der Waals surface area contributed by atoms with Crippen molar-refractivity contribution in [2.24, 2.45) is 0 Å². The number of halogens is 1. The second-order valence-electron chi connectivity index (χ2n) is 7.03. The van der Waals surface area contributed by atoms with Crippen molar-refractivity contribution in [1.82, 2.24) is 24.5 Å². The third kappa shape index (κ3) is 3.91. The van der Waals surface area contributed by atoms with Gasteiger partial charge in [0.05, 0.1) is 0 Å². The molecule has 3 heterocycles. The molecule has 2 aromatic heterocycles. The number of nitrogens with zero attached hydrogens (tertiary/aromatic N) is 5. The van der Waals surface area contributed by atoms with Gasteiger partial charge in [0.2, 0.25) is 5.91 Å². The van der Waals surface area contributed by atoms with Gasteiger partial charge < -0.3 is 14.3 Å². The average molecular weight is 399 g/mol. The van der Waals surface area contributed by atoms with Gasteiger partial charge in [-0.05, 0) is 30.8 Å². The summed E-state index contributed by atoms with van der Waals surface area (Å²) >= 11 is 0. The third-order valence-corrected chi connectivity index (χ3v) is 5.32. The number of hydrogen-bond acceptors (Lipinski definition) is 6. The van der Waals surface area contributed by atoms with Crippen LogP contribution in [0.3, 0.4) is 0 Å². The molecule has 1 fully saturated rings. The largest absolute Gasteiger partial charge is 0.340 e. The zero-order chi connectivity index (χ0) is 20.4. The van der Waals surface area contributed by atoms with E-state index in [2.05, 4.69) is 22.0 Å². The number of amides is 1. The number of aryl methyl sites for hydroxylation is 1. The smallest absolute Gasteiger partial charge is 0.266 e. The van der Waals surface area contributed by atoms with Crippen LogP contribution in [0.1, 0.15) is 13.3 Å². The van der Waals surface area contributed by atoms with Crippen molar-refractivity contribution >= 4 is 17.0 Å². The summed E-state index contributed by atoms with van der Waals surface area (Å²) in [6, 6.07) is 5.65. The number of likely N-dealkylation sites (N-methyl/N-ethyl adjacent to an activating group) is 1. The Hall–Kier alpha value is -3.07. The molecule has 0 aliphatic carbocycles. The Bertz CT molecular complexity index is 1070. The lowest BCUT2D eigenvalue weighted by Gasteiger charge is -2.34. The lowest BCUT2D eigenvalue weighted by atomic mass is 10.1. The molecule has 0 bridgehead atoms. The van der Waals surface area contributed by atoms with Gasteiger partial charge in [-0.25, -0.2) is 9.37 Å². The SMILES string of the molecule is CCN1CCN(C(=O)CCn2cnc3onc(-c4ccc(F)cc4)c3c2=O)CC1. The molecule has 3 aromatic rings. The number of piperazine rings is 1. The predicted molar refractivity (Wildman–Crippen MR) is 105 cm³/mol. The van der Waals surface area contributed by atoms with Crippen LogP contribution in [0, 0.1) is 5.82 Å². The van der Waals surface area contributed by atoms with Gasteiger partial charge in [0.25, 0.3) is 11.3 Å². The Kier molecular flexibility index (Phi) is 5.39. The molecule has 0 atom stereocenters. The lowest BCUT2D eigenvalue weighted by molar-refractivity contribution is -0.133. The molecule has 1 aromatic carbocycles. The molecule has 29 heavy (non-hydrogen) atoms. The van der Waals surface area contributed by atoms with Crippen molar-refractivity contribution in [3.63, 3.8) is 0 Å². The van der Waals surface area contributed by atoms with Crippen molar-refractivity contribution in [2.75, 3.05) is 32.7 Å². The first-order valence-electron chi connectivity index (χ1n) is 9.67. The molecule has 152 valence electrons. The van der Waals surface area contributed by atoms with Gasteiger partial charge in [0, 0.05) is 44.7 Å². The highest BCUT2D eigenvalue weighted by Gasteiger charge is 2.21. The van der Waals surface area contributed by atoms with E-state index in [1.807, 2.05) is 4.90 Å². The summed E-state index contributed by atoms with van der Waals surface area (Å²) in [5, 5.41) is 4.15. The minimum atomic E-state index is -0.379. The molecule has 1 saturated heterocycles. The molecule has 0 N–H and O–H groups in total. The molecule has 8 nitrogen and oxygen atoms in total. The predicted octanol–water partition coefficient (Wildman–Crippen LogP) is 1.74. The Labute approximate surface area is 166 Å².